The van der Waals surface area contributed by atoms with Crippen LogP contribution in [0.4, 0.5) is 0 Å². The van der Waals surface area contributed by atoms with Crippen LogP contribution in [0.5, 0.6) is 0 Å². The van der Waals surface area contributed by atoms with Crippen LogP contribution in [0.2, 0.25) is 0 Å². The molecule has 0 bridgehead atoms. The van der Waals surface area contributed by atoms with Crippen LogP contribution in [0, 0.1) is 0 Å². The molecular formula is C22H20N6O. The highest BCUT2D eigenvalue weighted by Gasteiger charge is 2.16. The molecule has 0 N–H and O–H groups in total. The fourth-order valence-electron chi connectivity index (χ4n) is 3.53. The van der Waals surface area contributed by atoms with E-state index in [1.165, 1.54) is 0 Å². The molecule has 0 unspecified atom stereocenters. The molecule has 0 saturated carbocycles. The van der Waals surface area contributed by atoms with Gasteiger partial charge in [0.05, 0.1) is 17.2 Å². The Morgan fingerprint density at radius 2 is 1.72 bits per heavy atom. The third-order valence-electron chi connectivity index (χ3n) is 4.91. The van der Waals surface area contributed by atoms with Crippen LogP contribution in [-0.2, 0) is 11.3 Å². The normalized spacial score (nSPS) is 11.5. The molecule has 0 atom stereocenters. The highest BCUT2D eigenvalue weighted by Crippen LogP contribution is 2.25. The van der Waals surface area contributed by atoms with Gasteiger partial charge in [-0.1, -0.05) is 42.5 Å². The molecule has 2 aromatic carbocycles. The molecule has 5 rings (SSSR count). The third-order valence-corrected chi connectivity index (χ3v) is 4.91. The van der Waals surface area contributed by atoms with E-state index in [9.17, 15) is 0 Å². The van der Waals surface area contributed by atoms with Gasteiger partial charge in [-0.15, -0.1) is 0 Å². The fraction of sp³-hybridized carbons (Fsp3) is 0.182. The minimum absolute atomic E-state index is 0.582. The summed E-state index contributed by atoms with van der Waals surface area (Å²) in [4.78, 5) is 18.7. The van der Waals surface area contributed by atoms with Crippen LogP contribution in [0.15, 0.2) is 67.1 Å². The Kier molecular flexibility index (Phi) is 4.50. The van der Waals surface area contributed by atoms with Crippen molar-refractivity contribution in [3.8, 4) is 17.3 Å². The third kappa shape index (κ3) is 3.15. The first kappa shape index (κ1) is 17.5. The maximum absolute atomic E-state index is 5.25. The number of para-hydroxylation sites is 2. The molecule has 5 aromatic rings. The number of fused-ring (bicyclic) bond motifs is 2. The van der Waals surface area contributed by atoms with E-state index in [1.54, 1.807) is 19.6 Å². The minimum Gasteiger partial charge on any atom is -0.385 e. The Balaban J connectivity index is 1.67. The van der Waals surface area contributed by atoms with Crippen molar-refractivity contribution in [2.24, 2.45) is 0 Å². The maximum atomic E-state index is 5.25. The average Bonchev–Trinajstić information content (AvgIpc) is 3.36. The number of ether oxygens (including phenoxy) is 1. The molecule has 29 heavy (non-hydrogen) atoms. The van der Waals surface area contributed by atoms with Crippen LogP contribution >= 0.6 is 0 Å². The number of methoxy groups -OCH3 is 1. The van der Waals surface area contributed by atoms with E-state index in [4.69, 9.17) is 14.7 Å². The molecule has 3 heterocycles. The molecule has 7 heteroatoms. The zero-order chi connectivity index (χ0) is 19.6. The van der Waals surface area contributed by atoms with Crippen LogP contribution in [0.1, 0.15) is 6.42 Å². The second-order valence-corrected chi connectivity index (χ2v) is 6.78. The van der Waals surface area contributed by atoms with E-state index in [-0.39, 0.29) is 0 Å². The van der Waals surface area contributed by atoms with Gasteiger partial charge in [-0.3, -0.25) is 4.57 Å². The van der Waals surface area contributed by atoms with E-state index in [1.807, 2.05) is 47.0 Å². The number of hydrogen-bond acceptors (Lipinski definition) is 5. The lowest BCUT2D eigenvalue weighted by Crippen LogP contribution is -2.06. The molecule has 7 nitrogen and oxygen atoms in total. The van der Waals surface area contributed by atoms with Gasteiger partial charge in [-0.25, -0.2) is 15.0 Å². The molecule has 0 saturated heterocycles. The number of nitrogens with zero attached hydrogens (tertiary/aromatic N) is 6. The van der Waals surface area contributed by atoms with E-state index < -0.39 is 0 Å². The number of rotatable bonds is 6. The van der Waals surface area contributed by atoms with Gasteiger partial charge in [0.2, 0.25) is 5.95 Å². The predicted molar refractivity (Wildman–Crippen MR) is 112 cm³/mol. The van der Waals surface area contributed by atoms with Crippen molar-refractivity contribution in [3.63, 3.8) is 0 Å². The molecule has 0 fully saturated rings. The first-order valence-corrected chi connectivity index (χ1v) is 9.55. The van der Waals surface area contributed by atoms with Crippen molar-refractivity contribution in [3.05, 3.63) is 67.1 Å². The summed E-state index contributed by atoms with van der Waals surface area (Å²) < 4.78 is 9.30. The molecule has 0 amide bonds. The van der Waals surface area contributed by atoms with Gasteiger partial charge >= 0.3 is 0 Å². The van der Waals surface area contributed by atoms with Gasteiger partial charge in [0.25, 0.3) is 0 Å². The number of hydrogen-bond donors (Lipinski definition) is 0. The minimum atomic E-state index is 0.582. The van der Waals surface area contributed by atoms with Crippen LogP contribution in [0.3, 0.4) is 0 Å². The molecule has 144 valence electrons. The summed E-state index contributed by atoms with van der Waals surface area (Å²) in [5.41, 5.74) is 4.52. The summed E-state index contributed by atoms with van der Waals surface area (Å²) in [5, 5.41) is 0. The number of aromatic nitrogens is 6. The first-order chi connectivity index (χ1) is 14.3. The summed E-state index contributed by atoms with van der Waals surface area (Å²) in [6.07, 6.45) is 4.41. The summed E-state index contributed by atoms with van der Waals surface area (Å²) in [5.74, 6) is 1.47. The summed E-state index contributed by atoms with van der Waals surface area (Å²) in [7, 11) is 1.72. The quantitative estimate of drug-likeness (QED) is 0.416. The second-order valence-electron chi connectivity index (χ2n) is 6.78. The van der Waals surface area contributed by atoms with E-state index in [0.29, 0.717) is 12.6 Å². The number of aryl methyl sites for hydroxylation is 1. The van der Waals surface area contributed by atoms with Gasteiger partial charge in [-0.05, 0) is 18.6 Å². The molecule has 0 aliphatic rings. The van der Waals surface area contributed by atoms with Crippen LogP contribution in [0.25, 0.3) is 39.5 Å². The van der Waals surface area contributed by atoms with Crippen molar-refractivity contribution in [2.45, 2.75) is 13.0 Å². The van der Waals surface area contributed by atoms with Crippen molar-refractivity contribution < 1.29 is 4.74 Å². The molecule has 0 radical (unpaired) electrons. The Morgan fingerprint density at radius 1 is 0.897 bits per heavy atom. The lowest BCUT2D eigenvalue weighted by Gasteiger charge is -2.09. The zero-order valence-corrected chi connectivity index (χ0v) is 16.1. The lowest BCUT2D eigenvalue weighted by atomic mass is 10.2. The van der Waals surface area contributed by atoms with Crippen molar-refractivity contribution in [1.82, 2.24) is 29.1 Å². The van der Waals surface area contributed by atoms with Crippen LogP contribution < -0.4 is 0 Å². The van der Waals surface area contributed by atoms with Gasteiger partial charge in [0, 0.05) is 25.8 Å². The Labute approximate surface area is 167 Å². The molecular weight excluding hydrogens is 364 g/mol. The van der Waals surface area contributed by atoms with Gasteiger partial charge in [-0.2, -0.15) is 4.98 Å². The Hall–Kier alpha value is -3.58. The maximum Gasteiger partial charge on any atom is 0.237 e. The van der Waals surface area contributed by atoms with Crippen LogP contribution in [-0.4, -0.2) is 42.8 Å². The Morgan fingerprint density at radius 3 is 2.59 bits per heavy atom. The Bertz CT molecular complexity index is 1270. The largest absolute Gasteiger partial charge is 0.385 e. The molecule has 3 aromatic heterocycles. The smallest absolute Gasteiger partial charge is 0.237 e. The van der Waals surface area contributed by atoms with Gasteiger partial charge < -0.3 is 9.30 Å². The highest BCUT2D eigenvalue weighted by atomic mass is 16.5. The zero-order valence-electron chi connectivity index (χ0n) is 16.1. The number of benzene rings is 2. The summed E-state index contributed by atoms with van der Waals surface area (Å²) >= 11 is 0. The monoisotopic (exact) mass is 384 g/mol. The van der Waals surface area contributed by atoms with Gasteiger partial charge in [0.15, 0.2) is 5.65 Å². The first-order valence-electron chi connectivity index (χ1n) is 9.55. The fourth-order valence-corrected chi connectivity index (χ4v) is 3.53. The van der Waals surface area contributed by atoms with Crippen molar-refractivity contribution >= 4 is 22.2 Å². The molecule has 0 aliphatic heterocycles. The lowest BCUT2D eigenvalue weighted by molar-refractivity contribution is 0.191. The van der Waals surface area contributed by atoms with E-state index in [2.05, 4.69) is 26.7 Å². The predicted octanol–water partition coefficient (Wildman–Crippen LogP) is 3.87. The second kappa shape index (κ2) is 7.44. The average molecular weight is 384 g/mol. The SMILES string of the molecule is COCCCn1c(-c2ccccc2)nc2cnc(-n3cnc4ccccc43)nc21. The van der Waals surface area contributed by atoms with E-state index >= 15 is 0 Å². The summed E-state index contributed by atoms with van der Waals surface area (Å²) in [6, 6.07) is 18.1. The van der Waals surface area contributed by atoms with E-state index in [0.717, 1.165) is 46.6 Å². The van der Waals surface area contributed by atoms with Gasteiger partial charge in [0.1, 0.15) is 17.7 Å². The van der Waals surface area contributed by atoms with Crippen molar-refractivity contribution in [2.75, 3.05) is 13.7 Å². The van der Waals surface area contributed by atoms with Crippen molar-refractivity contribution in [1.29, 1.82) is 0 Å². The standard InChI is InChI=1S/C22H20N6O/c1-29-13-7-12-27-20(16-8-3-2-4-9-16)25-18-14-23-22(26-21(18)27)28-15-24-17-10-5-6-11-19(17)28/h2-6,8-11,14-15H,7,12-13H2,1H3. The molecule has 0 spiro atoms. The topological polar surface area (TPSA) is 70.7 Å². The number of imidazole rings is 2. The highest BCUT2D eigenvalue weighted by molar-refractivity contribution is 5.79. The summed E-state index contributed by atoms with van der Waals surface area (Å²) in [6.45, 7) is 1.44. The molecule has 0 aliphatic carbocycles.